The summed E-state index contributed by atoms with van der Waals surface area (Å²) >= 11 is 0. The number of rotatable bonds is 4. The minimum absolute atomic E-state index is 0.393. The fourth-order valence-corrected chi connectivity index (χ4v) is 1.89. The maximum atomic E-state index is 12.8. The Hall–Kier alpha value is -1.88. The van der Waals surface area contributed by atoms with E-state index in [1.165, 1.54) is 0 Å². The van der Waals surface area contributed by atoms with Crippen LogP contribution in [0, 0.1) is 10.1 Å². The molecule has 0 unspecified atom stereocenters. The Morgan fingerprint density at radius 2 is 2.11 bits per heavy atom. The van der Waals surface area contributed by atoms with E-state index >= 15 is 0 Å². The topological polar surface area (TPSA) is 125 Å². The van der Waals surface area contributed by atoms with E-state index in [0.717, 1.165) is 7.11 Å². The number of hydrogen-bond donors (Lipinski definition) is 1. The Morgan fingerprint density at radius 3 is 2.44 bits per heavy atom. The van der Waals surface area contributed by atoms with Gasteiger partial charge in [-0.2, -0.15) is 0 Å². The van der Waals surface area contributed by atoms with Crippen LogP contribution in [-0.2, 0) is 10.0 Å². The Bertz CT molecular complexity index is 589. The third-order valence-corrected chi connectivity index (χ3v) is 2.74. The van der Waals surface area contributed by atoms with Crippen molar-refractivity contribution in [3.8, 4) is 5.75 Å². The standard InChI is InChI=1S/C7H7F2N3O5S/c1-17-5-4(6(8)9)3(12(13)14)2-11-7(5)18(10,15)16/h2,6H,1H3,(H2,10,15,16). The quantitative estimate of drug-likeness (QED) is 0.636. The number of nitrogens with two attached hydrogens (primary N) is 1. The molecule has 0 aliphatic carbocycles. The number of aromatic nitrogens is 1. The molecule has 0 saturated carbocycles. The number of hydrogen-bond acceptors (Lipinski definition) is 6. The fourth-order valence-electron chi connectivity index (χ4n) is 1.24. The average molecular weight is 283 g/mol. The second kappa shape index (κ2) is 4.78. The van der Waals surface area contributed by atoms with Gasteiger partial charge < -0.3 is 4.74 Å². The molecule has 0 fully saturated rings. The van der Waals surface area contributed by atoms with E-state index in [9.17, 15) is 27.3 Å². The van der Waals surface area contributed by atoms with Gasteiger partial charge in [0.1, 0.15) is 11.8 Å². The van der Waals surface area contributed by atoms with Crippen LogP contribution in [0.4, 0.5) is 14.5 Å². The van der Waals surface area contributed by atoms with Gasteiger partial charge in [0.05, 0.1) is 12.0 Å². The molecule has 0 bridgehead atoms. The Kier molecular flexibility index (Phi) is 3.76. The smallest absolute Gasteiger partial charge is 0.300 e. The van der Waals surface area contributed by atoms with Crippen molar-refractivity contribution in [1.82, 2.24) is 4.98 Å². The number of nitrogens with zero attached hydrogens (tertiary/aromatic N) is 2. The molecule has 0 aliphatic heterocycles. The first kappa shape index (κ1) is 14.2. The molecule has 1 aromatic rings. The molecule has 1 aromatic heterocycles. The van der Waals surface area contributed by atoms with Crippen molar-refractivity contribution in [3.63, 3.8) is 0 Å². The van der Waals surface area contributed by atoms with Crippen LogP contribution in [0.5, 0.6) is 5.75 Å². The number of sulfonamides is 1. The first-order valence-corrected chi connectivity index (χ1v) is 5.77. The van der Waals surface area contributed by atoms with Crippen LogP contribution in [0.3, 0.4) is 0 Å². The van der Waals surface area contributed by atoms with Crippen molar-refractivity contribution in [3.05, 3.63) is 21.9 Å². The maximum absolute atomic E-state index is 12.8. The molecule has 2 N–H and O–H groups in total. The van der Waals surface area contributed by atoms with Crippen LogP contribution >= 0.6 is 0 Å². The van der Waals surface area contributed by atoms with Crippen LogP contribution < -0.4 is 9.88 Å². The lowest BCUT2D eigenvalue weighted by molar-refractivity contribution is -0.386. The summed E-state index contributed by atoms with van der Waals surface area (Å²) in [6.45, 7) is 0. The predicted octanol–water partition coefficient (Wildman–Crippen LogP) is 0.583. The van der Waals surface area contributed by atoms with Crippen LogP contribution in [-0.4, -0.2) is 25.4 Å². The number of primary sulfonamides is 1. The molecule has 8 nitrogen and oxygen atoms in total. The third-order valence-electron chi connectivity index (χ3n) is 1.91. The van der Waals surface area contributed by atoms with E-state index in [0.29, 0.717) is 6.20 Å². The van der Waals surface area contributed by atoms with Gasteiger partial charge in [-0.3, -0.25) is 10.1 Å². The Balaban J connectivity index is 3.75. The van der Waals surface area contributed by atoms with Crippen molar-refractivity contribution < 1.29 is 26.9 Å². The zero-order valence-corrected chi connectivity index (χ0v) is 9.65. The third kappa shape index (κ3) is 2.51. The molecule has 0 saturated heterocycles. The molecular weight excluding hydrogens is 276 g/mol. The zero-order chi connectivity index (χ0) is 14.1. The number of methoxy groups -OCH3 is 1. The zero-order valence-electron chi connectivity index (χ0n) is 8.83. The van der Waals surface area contributed by atoms with E-state index in [1.54, 1.807) is 0 Å². The molecule has 1 heterocycles. The molecule has 11 heteroatoms. The number of halogens is 2. The van der Waals surface area contributed by atoms with Gasteiger partial charge in [0.2, 0.25) is 5.03 Å². The monoisotopic (exact) mass is 283 g/mol. The van der Waals surface area contributed by atoms with Crippen LogP contribution in [0.25, 0.3) is 0 Å². The summed E-state index contributed by atoms with van der Waals surface area (Å²) in [7, 11) is -3.56. The van der Waals surface area contributed by atoms with Crippen molar-refractivity contribution in [2.24, 2.45) is 5.14 Å². The van der Waals surface area contributed by atoms with Gasteiger partial charge in [0.25, 0.3) is 22.1 Å². The highest BCUT2D eigenvalue weighted by Gasteiger charge is 2.32. The minimum atomic E-state index is -4.44. The molecular formula is C7H7F2N3O5S. The van der Waals surface area contributed by atoms with Gasteiger partial charge >= 0.3 is 0 Å². The van der Waals surface area contributed by atoms with E-state index in [2.05, 4.69) is 9.72 Å². The minimum Gasteiger partial charge on any atom is -0.493 e. The van der Waals surface area contributed by atoms with Gasteiger partial charge in [0.15, 0.2) is 5.75 Å². The van der Waals surface area contributed by atoms with Crippen molar-refractivity contribution in [2.75, 3.05) is 7.11 Å². The first-order valence-electron chi connectivity index (χ1n) is 4.22. The largest absolute Gasteiger partial charge is 0.493 e. The van der Waals surface area contributed by atoms with Crippen LogP contribution in [0.15, 0.2) is 11.2 Å². The molecule has 100 valence electrons. The number of pyridine rings is 1. The lowest BCUT2D eigenvalue weighted by atomic mass is 10.2. The number of ether oxygens (including phenoxy) is 1. The summed E-state index contributed by atoms with van der Waals surface area (Å²) in [5.41, 5.74) is -2.23. The summed E-state index contributed by atoms with van der Waals surface area (Å²) in [4.78, 5) is 12.6. The van der Waals surface area contributed by atoms with E-state index < -0.39 is 43.4 Å². The van der Waals surface area contributed by atoms with E-state index in [-0.39, 0.29) is 0 Å². The van der Waals surface area contributed by atoms with Gasteiger partial charge in [0, 0.05) is 0 Å². The normalized spacial score (nSPS) is 11.6. The SMILES string of the molecule is COc1c(S(N)(=O)=O)ncc([N+](=O)[O-])c1C(F)F. The highest BCUT2D eigenvalue weighted by molar-refractivity contribution is 7.89. The molecule has 0 aliphatic rings. The number of nitro groups is 1. The van der Waals surface area contributed by atoms with Crippen LogP contribution in [0.2, 0.25) is 0 Å². The lowest BCUT2D eigenvalue weighted by Gasteiger charge is -2.10. The first-order chi connectivity index (χ1) is 8.20. The summed E-state index contributed by atoms with van der Waals surface area (Å²) in [5, 5.41) is 14.3. The van der Waals surface area contributed by atoms with E-state index in [4.69, 9.17) is 5.14 Å². The highest BCUT2D eigenvalue weighted by Crippen LogP contribution is 2.39. The van der Waals surface area contributed by atoms with Crippen molar-refractivity contribution in [1.29, 1.82) is 0 Å². The predicted molar refractivity (Wildman–Crippen MR) is 53.8 cm³/mol. The lowest BCUT2D eigenvalue weighted by Crippen LogP contribution is -2.17. The fraction of sp³-hybridized carbons (Fsp3) is 0.286. The van der Waals surface area contributed by atoms with Gasteiger partial charge in [-0.05, 0) is 0 Å². The molecule has 18 heavy (non-hydrogen) atoms. The molecule has 0 aromatic carbocycles. The summed E-state index contributed by atoms with van der Waals surface area (Å²) in [6.07, 6.45) is -2.92. The second-order valence-electron chi connectivity index (χ2n) is 3.00. The van der Waals surface area contributed by atoms with Gasteiger partial charge in [-0.25, -0.2) is 27.3 Å². The molecule has 0 spiro atoms. The number of alkyl halides is 2. The van der Waals surface area contributed by atoms with Gasteiger partial charge in [-0.15, -0.1) is 0 Å². The highest BCUT2D eigenvalue weighted by atomic mass is 32.2. The molecule has 0 atom stereocenters. The van der Waals surface area contributed by atoms with Crippen molar-refractivity contribution in [2.45, 2.75) is 11.5 Å². The van der Waals surface area contributed by atoms with Crippen LogP contribution in [0.1, 0.15) is 12.0 Å². The Morgan fingerprint density at radius 1 is 1.56 bits per heavy atom. The average Bonchev–Trinajstić information content (AvgIpc) is 2.25. The Labute approximate surface area is 99.6 Å². The summed E-state index contributed by atoms with van der Waals surface area (Å²) < 4.78 is 52.1. The maximum Gasteiger partial charge on any atom is 0.300 e. The molecule has 1 rings (SSSR count). The van der Waals surface area contributed by atoms with Gasteiger partial charge in [-0.1, -0.05) is 0 Å². The summed E-state index contributed by atoms with van der Waals surface area (Å²) in [5.74, 6) is -0.929. The molecule has 0 radical (unpaired) electrons. The summed E-state index contributed by atoms with van der Waals surface area (Å²) in [6, 6.07) is 0. The molecule has 0 amide bonds. The van der Waals surface area contributed by atoms with E-state index in [1.807, 2.05) is 0 Å². The van der Waals surface area contributed by atoms with Crippen molar-refractivity contribution >= 4 is 15.7 Å². The second-order valence-corrected chi connectivity index (χ2v) is 4.48.